The van der Waals surface area contributed by atoms with Crippen LogP contribution >= 0.6 is 23.4 Å². The van der Waals surface area contributed by atoms with E-state index < -0.39 is 0 Å². The molecule has 0 bridgehead atoms. The molecule has 0 rings (SSSR count). The van der Waals surface area contributed by atoms with Crippen molar-refractivity contribution in [2.45, 2.75) is 12.3 Å². The van der Waals surface area contributed by atoms with E-state index in [0.717, 1.165) is 11.8 Å². The highest BCUT2D eigenvalue weighted by Crippen LogP contribution is 2.05. The van der Waals surface area contributed by atoms with Gasteiger partial charge in [0.2, 0.25) is 0 Å². The second kappa shape index (κ2) is 4.04. The third-order valence-electron chi connectivity index (χ3n) is 0.455. The van der Waals surface area contributed by atoms with E-state index in [-0.39, 0.29) is 10.6 Å². The molecule has 0 fully saturated rings. The Morgan fingerprint density at radius 1 is 2.00 bits per heavy atom. The van der Waals surface area contributed by atoms with E-state index in [1.165, 1.54) is 0 Å². The molecule has 2 nitrogen and oxygen atoms in total. The standard InChI is InChI=1S/C4H8ClNOS/c1-3(5)2-8-4(6)7/h3H,2H2,1H3,(H2,6,7). The number of carbonyl (C=O) groups is 1. The van der Waals surface area contributed by atoms with Crippen molar-refractivity contribution >= 4 is 28.6 Å². The first-order valence-electron chi connectivity index (χ1n) is 2.19. The lowest BCUT2D eigenvalue weighted by Crippen LogP contribution is -2.06. The van der Waals surface area contributed by atoms with Crippen LogP contribution < -0.4 is 5.73 Å². The fraction of sp³-hybridized carbons (Fsp3) is 0.750. The molecule has 0 spiro atoms. The molecule has 0 aliphatic carbocycles. The van der Waals surface area contributed by atoms with Crippen LogP contribution in [-0.4, -0.2) is 16.4 Å². The third-order valence-corrected chi connectivity index (χ3v) is 1.74. The fourth-order valence-corrected chi connectivity index (χ4v) is 0.780. The summed E-state index contributed by atoms with van der Waals surface area (Å²) in [5, 5.41) is -0.343. The molecule has 0 aromatic carbocycles. The molecule has 1 unspecified atom stereocenters. The van der Waals surface area contributed by atoms with Crippen molar-refractivity contribution in [3.05, 3.63) is 0 Å². The lowest BCUT2D eigenvalue weighted by atomic mass is 10.6. The van der Waals surface area contributed by atoms with Gasteiger partial charge >= 0.3 is 0 Å². The normalized spacial score (nSPS) is 13.2. The van der Waals surface area contributed by atoms with E-state index in [1.54, 1.807) is 0 Å². The maximum Gasteiger partial charge on any atom is 0.276 e. The number of rotatable bonds is 2. The Balaban J connectivity index is 3.05. The van der Waals surface area contributed by atoms with Crippen molar-refractivity contribution in [2.24, 2.45) is 5.73 Å². The van der Waals surface area contributed by atoms with E-state index in [1.807, 2.05) is 6.92 Å². The Kier molecular flexibility index (Phi) is 4.09. The molecule has 0 radical (unpaired) electrons. The summed E-state index contributed by atoms with van der Waals surface area (Å²) in [7, 11) is 0. The maximum absolute atomic E-state index is 10.0. The van der Waals surface area contributed by atoms with Crippen LogP contribution in [0.2, 0.25) is 0 Å². The van der Waals surface area contributed by atoms with Gasteiger partial charge < -0.3 is 5.73 Å². The van der Waals surface area contributed by atoms with Crippen LogP contribution in [0.25, 0.3) is 0 Å². The highest BCUT2D eigenvalue weighted by Gasteiger charge is 1.98. The molecule has 48 valence electrons. The first kappa shape index (κ1) is 8.11. The predicted octanol–water partition coefficient (Wildman–Crippen LogP) is 1.43. The fourth-order valence-electron chi connectivity index (χ4n) is 0.197. The van der Waals surface area contributed by atoms with Gasteiger partial charge in [-0.1, -0.05) is 11.8 Å². The smallest absolute Gasteiger partial charge is 0.276 e. The van der Waals surface area contributed by atoms with Crippen molar-refractivity contribution in [1.29, 1.82) is 0 Å². The third kappa shape index (κ3) is 6.11. The van der Waals surface area contributed by atoms with Crippen LogP contribution in [0, 0.1) is 0 Å². The SMILES string of the molecule is CC(Cl)CSC(N)=O. The van der Waals surface area contributed by atoms with Gasteiger partial charge in [-0.05, 0) is 6.92 Å². The van der Waals surface area contributed by atoms with Crippen molar-refractivity contribution < 1.29 is 4.79 Å². The van der Waals surface area contributed by atoms with Crippen LogP contribution in [0.4, 0.5) is 4.79 Å². The van der Waals surface area contributed by atoms with Crippen molar-refractivity contribution in [3.63, 3.8) is 0 Å². The average molecular weight is 154 g/mol. The zero-order valence-corrected chi connectivity index (χ0v) is 6.13. The number of nitrogens with two attached hydrogens (primary N) is 1. The first-order valence-corrected chi connectivity index (χ1v) is 3.61. The lowest BCUT2D eigenvalue weighted by molar-refractivity contribution is 0.267. The Hall–Kier alpha value is 0.110. The molecule has 4 heteroatoms. The van der Waals surface area contributed by atoms with Crippen LogP contribution in [0.5, 0.6) is 0 Å². The minimum Gasteiger partial charge on any atom is -0.361 e. The number of amides is 1. The molecule has 8 heavy (non-hydrogen) atoms. The van der Waals surface area contributed by atoms with Crippen molar-refractivity contribution in [2.75, 3.05) is 5.75 Å². The zero-order valence-electron chi connectivity index (χ0n) is 4.56. The molecular formula is C4H8ClNOS. The lowest BCUT2D eigenvalue weighted by Gasteiger charge is -1.95. The van der Waals surface area contributed by atoms with Gasteiger partial charge in [0, 0.05) is 11.1 Å². The molecule has 0 saturated heterocycles. The van der Waals surface area contributed by atoms with Gasteiger partial charge in [0.05, 0.1) is 0 Å². The quantitative estimate of drug-likeness (QED) is 0.610. The van der Waals surface area contributed by atoms with Gasteiger partial charge in [0.15, 0.2) is 0 Å². The van der Waals surface area contributed by atoms with Crippen molar-refractivity contribution in [3.8, 4) is 0 Å². The molecule has 0 saturated carbocycles. The summed E-state index contributed by atoms with van der Waals surface area (Å²) in [4.78, 5) is 10.0. The number of alkyl halides is 1. The van der Waals surface area contributed by atoms with E-state index in [2.05, 4.69) is 0 Å². The predicted molar refractivity (Wildman–Crippen MR) is 37.4 cm³/mol. The monoisotopic (exact) mass is 153 g/mol. The van der Waals surface area contributed by atoms with E-state index in [4.69, 9.17) is 17.3 Å². The minimum atomic E-state index is -0.363. The summed E-state index contributed by atoms with van der Waals surface area (Å²) in [6, 6.07) is 0. The highest BCUT2D eigenvalue weighted by molar-refractivity contribution is 8.13. The number of thioether (sulfide) groups is 1. The van der Waals surface area contributed by atoms with E-state index in [9.17, 15) is 4.79 Å². The van der Waals surface area contributed by atoms with Gasteiger partial charge in [-0.3, -0.25) is 4.79 Å². The zero-order chi connectivity index (χ0) is 6.57. The molecule has 2 N–H and O–H groups in total. The number of hydrogen-bond donors (Lipinski definition) is 1. The van der Waals surface area contributed by atoms with Gasteiger partial charge in [0.25, 0.3) is 5.24 Å². The molecule has 0 heterocycles. The van der Waals surface area contributed by atoms with E-state index in [0.29, 0.717) is 5.75 Å². The molecule has 0 aliphatic rings. The Bertz CT molecular complexity index is 86.1. The molecule has 1 atom stereocenters. The topological polar surface area (TPSA) is 43.1 Å². The molecular weight excluding hydrogens is 146 g/mol. The van der Waals surface area contributed by atoms with Crippen LogP contribution in [-0.2, 0) is 0 Å². The maximum atomic E-state index is 10.0. The molecule has 0 aliphatic heterocycles. The molecule has 0 aromatic rings. The van der Waals surface area contributed by atoms with Crippen molar-refractivity contribution in [1.82, 2.24) is 0 Å². The Morgan fingerprint density at radius 3 is 2.62 bits per heavy atom. The largest absolute Gasteiger partial charge is 0.361 e. The Labute approximate surface area is 57.8 Å². The number of halogens is 1. The second-order valence-electron chi connectivity index (χ2n) is 1.41. The summed E-state index contributed by atoms with van der Waals surface area (Å²) in [6.45, 7) is 1.82. The van der Waals surface area contributed by atoms with Gasteiger partial charge in [-0.25, -0.2) is 0 Å². The number of primary amides is 1. The number of carbonyl (C=O) groups excluding carboxylic acids is 1. The summed E-state index contributed by atoms with van der Waals surface area (Å²) >= 11 is 6.54. The highest BCUT2D eigenvalue weighted by atomic mass is 35.5. The van der Waals surface area contributed by atoms with Crippen LogP contribution in [0.1, 0.15) is 6.92 Å². The summed E-state index contributed by atoms with van der Waals surface area (Å²) < 4.78 is 0. The van der Waals surface area contributed by atoms with E-state index >= 15 is 0 Å². The summed E-state index contributed by atoms with van der Waals surface area (Å²) in [6.07, 6.45) is 0. The van der Waals surface area contributed by atoms with Gasteiger partial charge in [-0.15, -0.1) is 11.6 Å². The van der Waals surface area contributed by atoms with Crippen LogP contribution in [0.3, 0.4) is 0 Å². The van der Waals surface area contributed by atoms with Crippen LogP contribution in [0.15, 0.2) is 0 Å². The van der Waals surface area contributed by atoms with Gasteiger partial charge in [0.1, 0.15) is 0 Å². The van der Waals surface area contributed by atoms with Gasteiger partial charge in [-0.2, -0.15) is 0 Å². The summed E-state index contributed by atoms with van der Waals surface area (Å²) in [5.41, 5.74) is 4.81. The second-order valence-corrected chi connectivity index (χ2v) is 3.18. The minimum absolute atomic E-state index is 0.0208. The molecule has 1 amide bonds. The molecule has 0 aromatic heterocycles. The first-order chi connectivity index (χ1) is 3.63. The Morgan fingerprint density at radius 2 is 2.50 bits per heavy atom. The number of hydrogen-bond acceptors (Lipinski definition) is 2. The summed E-state index contributed by atoms with van der Waals surface area (Å²) in [5.74, 6) is 0.594. The average Bonchev–Trinajstić information content (AvgIpc) is 1.61.